The van der Waals surface area contributed by atoms with E-state index in [9.17, 15) is 4.79 Å². The summed E-state index contributed by atoms with van der Waals surface area (Å²) in [5.74, 6) is 0.0601. The van der Waals surface area contributed by atoms with Crippen molar-refractivity contribution in [2.24, 2.45) is 11.7 Å². The van der Waals surface area contributed by atoms with Crippen molar-refractivity contribution in [2.75, 3.05) is 11.1 Å². The van der Waals surface area contributed by atoms with Gasteiger partial charge in [0.15, 0.2) is 0 Å². The van der Waals surface area contributed by atoms with Crippen LogP contribution in [-0.4, -0.2) is 27.3 Å². The van der Waals surface area contributed by atoms with Gasteiger partial charge in [-0.05, 0) is 24.8 Å². The molecule has 1 fully saturated rings. The van der Waals surface area contributed by atoms with Crippen LogP contribution in [0, 0.1) is 22.7 Å². The van der Waals surface area contributed by atoms with Gasteiger partial charge in [-0.3, -0.25) is 10.2 Å². The van der Waals surface area contributed by atoms with E-state index >= 15 is 0 Å². The molecule has 1 saturated carbocycles. The Labute approximate surface area is 151 Å². The summed E-state index contributed by atoms with van der Waals surface area (Å²) < 4.78 is 1.66. The molecule has 2 atom stereocenters. The highest BCUT2D eigenvalue weighted by molar-refractivity contribution is 6.03. The largest absolute Gasteiger partial charge is 0.397 e. The van der Waals surface area contributed by atoms with E-state index in [-0.39, 0.29) is 30.0 Å². The summed E-state index contributed by atoms with van der Waals surface area (Å²) in [6, 6.07) is 3.80. The predicted molar refractivity (Wildman–Crippen MR) is 99.8 cm³/mol. The summed E-state index contributed by atoms with van der Waals surface area (Å²) in [7, 11) is 0. The average Bonchev–Trinajstić information content (AvgIpc) is 2.97. The molecule has 3 rings (SSSR count). The lowest BCUT2D eigenvalue weighted by molar-refractivity contribution is -0.119. The molecular formula is C18H23N7O. The Morgan fingerprint density at radius 3 is 2.96 bits per heavy atom. The van der Waals surface area contributed by atoms with Crippen LogP contribution in [0.3, 0.4) is 0 Å². The van der Waals surface area contributed by atoms with E-state index in [0.29, 0.717) is 23.4 Å². The van der Waals surface area contributed by atoms with Gasteiger partial charge >= 0.3 is 0 Å². The van der Waals surface area contributed by atoms with Crippen LogP contribution in [0.25, 0.3) is 5.52 Å². The minimum absolute atomic E-state index is 0.0233. The third-order valence-electron chi connectivity index (χ3n) is 4.95. The summed E-state index contributed by atoms with van der Waals surface area (Å²) in [5.41, 5.74) is 14.2. The number of nitriles is 1. The lowest BCUT2D eigenvalue weighted by atomic mass is 9.81. The standard InChI is InChI=1S/C18H23N7O/c19-6-5-13(26)7-11-3-1-2-4-15(11)24-17-14(18(21)22)9-23-25-10-12(20)8-16(17)25/h8-11,15,24H,1-5,7,20H2,(H3,21,22)/t11-,15+/m1/s1. The minimum Gasteiger partial charge on any atom is -0.397 e. The fraction of sp³-hybridized carbons (Fsp3) is 0.444. The Kier molecular flexibility index (Phi) is 5.07. The fourth-order valence-corrected chi connectivity index (χ4v) is 3.71. The van der Waals surface area contributed by atoms with Crippen molar-refractivity contribution < 1.29 is 4.79 Å². The Balaban J connectivity index is 1.92. The number of hydrogen-bond acceptors (Lipinski definition) is 6. The zero-order valence-corrected chi connectivity index (χ0v) is 14.5. The quantitative estimate of drug-likeness (QED) is 0.462. The summed E-state index contributed by atoms with van der Waals surface area (Å²) in [6.45, 7) is 0. The van der Waals surface area contributed by atoms with E-state index in [0.717, 1.165) is 31.2 Å². The van der Waals surface area contributed by atoms with Crippen LogP contribution >= 0.6 is 0 Å². The number of Topliss-reactive ketones (excluding diaryl/α,β-unsaturated/α-hetero) is 1. The first-order valence-electron chi connectivity index (χ1n) is 8.76. The van der Waals surface area contributed by atoms with Gasteiger partial charge in [-0.1, -0.05) is 12.8 Å². The zero-order valence-electron chi connectivity index (χ0n) is 14.5. The number of nitrogen functional groups attached to an aromatic ring is 2. The summed E-state index contributed by atoms with van der Waals surface area (Å²) >= 11 is 0. The molecule has 0 spiro atoms. The van der Waals surface area contributed by atoms with Crippen LogP contribution in [0.4, 0.5) is 11.4 Å². The summed E-state index contributed by atoms with van der Waals surface area (Å²) in [6.07, 6.45) is 7.62. The maximum atomic E-state index is 12.0. The molecule has 0 aliphatic heterocycles. The lowest BCUT2D eigenvalue weighted by Crippen LogP contribution is -2.34. The van der Waals surface area contributed by atoms with Gasteiger partial charge in [0.1, 0.15) is 11.6 Å². The third-order valence-corrected chi connectivity index (χ3v) is 4.95. The Morgan fingerprint density at radius 2 is 2.23 bits per heavy atom. The van der Waals surface area contributed by atoms with Crippen molar-refractivity contribution in [1.29, 1.82) is 10.7 Å². The van der Waals surface area contributed by atoms with Crippen molar-refractivity contribution >= 4 is 28.5 Å². The minimum atomic E-state index is -0.0739. The first-order valence-corrected chi connectivity index (χ1v) is 8.76. The maximum absolute atomic E-state index is 12.0. The van der Waals surface area contributed by atoms with Crippen molar-refractivity contribution in [3.63, 3.8) is 0 Å². The van der Waals surface area contributed by atoms with Crippen LogP contribution in [-0.2, 0) is 4.79 Å². The Morgan fingerprint density at radius 1 is 1.46 bits per heavy atom. The van der Waals surface area contributed by atoms with Crippen LogP contribution in [0.15, 0.2) is 18.5 Å². The molecule has 2 aromatic rings. The van der Waals surface area contributed by atoms with Crippen molar-refractivity contribution in [3.8, 4) is 6.07 Å². The van der Waals surface area contributed by atoms with E-state index in [1.165, 1.54) is 0 Å². The highest BCUT2D eigenvalue weighted by Gasteiger charge is 2.28. The van der Waals surface area contributed by atoms with Crippen molar-refractivity contribution in [2.45, 2.75) is 44.6 Å². The number of hydrogen-bond donors (Lipinski definition) is 4. The third kappa shape index (κ3) is 3.61. The molecule has 8 nitrogen and oxygen atoms in total. The average molecular weight is 353 g/mol. The molecule has 1 aliphatic rings. The number of nitrogens with one attached hydrogen (secondary N) is 2. The van der Waals surface area contributed by atoms with Crippen LogP contribution in [0.1, 0.15) is 44.1 Å². The molecule has 1 aliphatic carbocycles. The van der Waals surface area contributed by atoms with Gasteiger partial charge in [0.05, 0.1) is 47.3 Å². The van der Waals surface area contributed by atoms with Crippen LogP contribution in [0.5, 0.6) is 0 Å². The predicted octanol–water partition coefficient (Wildman–Crippen LogP) is 2.04. The molecular weight excluding hydrogens is 330 g/mol. The maximum Gasteiger partial charge on any atom is 0.147 e. The van der Waals surface area contributed by atoms with Gasteiger partial charge < -0.3 is 16.8 Å². The van der Waals surface area contributed by atoms with Gasteiger partial charge in [0.2, 0.25) is 0 Å². The summed E-state index contributed by atoms with van der Waals surface area (Å²) in [4.78, 5) is 12.0. The zero-order chi connectivity index (χ0) is 18.7. The van der Waals surface area contributed by atoms with E-state index in [4.69, 9.17) is 22.1 Å². The number of aromatic nitrogens is 2. The van der Waals surface area contributed by atoms with Crippen LogP contribution < -0.4 is 16.8 Å². The van der Waals surface area contributed by atoms with Gasteiger partial charge in [-0.15, -0.1) is 0 Å². The molecule has 0 bridgehead atoms. The number of ketones is 1. The number of anilines is 2. The molecule has 26 heavy (non-hydrogen) atoms. The molecule has 0 amide bonds. The Hall–Kier alpha value is -3.08. The number of fused-ring (bicyclic) bond motifs is 1. The van der Waals surface area contributed by atoms with E-state index in [2.05, 4.69) is 10.4 Å². The van der Waals surface area contributed by atoms with Crippen molar-refractivity contribution in [3.05, 3.63) is 24.0 Å². The molecule has 0 aromatic carbocycles. The van der Waals surface area contributed by atoms with Crippen molar-refractivity contribution in [1.82, 2.24) is 9.61 Å². The van der Waals surface area contributed by atoms with Crippen LogP contribution in [0.2, 0.25) is 0 Å². The summed E-state index contributed by atoms with van der Waals surface area (Å²) in [5, 5.41) is 24.4. The smallest absolute Gasteiger partial charge is 0.147 e. The second kappa shape index (κ2) is 7.44. The number of nitrogens with two attached hydrogens (primary N) is 2. The van der Waals surface area contributed by atoms with E-state index < -0.39 is 0 Å². The fourth-order valence-electron chi connectivity index (χ4n) is 3.71. The number of nitrogens with zero attached hydrogens (tertiary/aromatic N) is 3. The topological polar surface area (TPSA) is 146 Å². The number of carbonyl (C=O) groups excluding carboxylic acids is 1. The molecule has 2 aromatic heterocycles. The second-order valence-corrected chi connectivity index (χ2v) is 6.82. The first-order chi connectivity index (χ1) is 12.5. The van der Waals surface area contributed by atoms with Gasteiger partial charge in [0, 0.05) is 12.5 Å². The highest BCUT2D eigenvalue weighted by Crippen LogP contribution is 2.33. The van der Waals surface area contributed by atoms with Gasteiger partial charge in [0.25, 0.3) is 0 Å². The Bertz CT molecular complexity index is 880. The molecule has 136 valence electrons. The molecule has 2 heterocycles. The lowest BCUT2D eigenvalue weighted by Gasteiger charge is -2.33. The molecule has 0 radical (unpaired) electrons. The molecule has 0 saturated heterocycles. The van der Waals surface area contributed by atoms with E-state index in [1.54, 1.807) is 23.0 Å². The number of rotatable bonds is 6. The SMILES string of the molecule is N#CCC(=O)C[C@H]1CCCC[C@@H]1Nc1c(C(=N)N)cnn2cc(N)cc12. The first kappa shape index (κ1) is 17.7. The monoisotopic (exact) mass is 353 g/mol. The number of amidine groups is 1. The normalized spacial score (nSPS) is 19.8. The number of carbonyl (C=O) groups is 1. The van der Waals surface area contributed by atoms with Gasteiger partial charge in [-0.2, -0.15) is 10.4 Å². The second-order valence-electron chi connectivity index (χ2n) is 6.82. The van der Waals surface area contributed by atoms with Gasteiger partial charge in [-0.25, -0.2) is 4.52 Å². The highest BCUT2D eigenvalue weighted by atomic mass is 16.1. The van der Waals surface area contributed by atoms with E-state index in [1.807, 2.05) is 6.07 Å². The molecule has 8 heteroatoms. The molecule has 0 unspecified atom stereocenters. The molecule has 6 N–H and O–H groups in total.